The average Bonchev–Trinajstić information content (AvgIpc) is 2.48. The van der Waals surface area contributed by atoms with Gasteiger partial charge in [0.15, 0.2) is 0 Å². The Labute approximate surface area is 127 Å². The van der Waals surface area contributed by atoms with Gasteiger partial charge in [0.05, 0.1) is 5.75 Å². The van der Waals surface area contributed by atoms with E-state index in [0.29, 0.717) is 5.75 Å². The number of amides is 1. The van der Waals surface area contributed by atoms with Crippen LogP contribution in [-0.4, -0.2) is 42.7 Å². The van der Waals surface area contributed by atoms with Gasteiger partial charge < -0.3 is 10.2 Å². The summed E-state index contributed by atoms with van der Waals surface area (Å²) in [6.07, 6.45) is 1.02. The minimum Gasteiger partial charge on any atom is -0.355 e. The van der Waals surface area contributed by atoms with Crippen LogP contribution in [0.4, 0.5) is 0 Å². The number of carbonyl (C=O) groups excluding carboxylic acids is 1. The van der Waals surface area contributed by atoms with Crippen molar-refractivity contribution in [2.75, 3.05) is 31.9 Å². The van der Waals surface area contributed by atoms with Crippen molar-refractivity contribution in [1.29, 1.82) is 0 Å². The van der Waals surface area contributed by atoms with E-state index in [1.54, 1.807) is 11.8 Å². The van der Waals surface area contributed by atoms with Gasteiger partial charge in [-0.05, 0) is 31.6 Å². The van der Waals surface area contributed by atoms with Gasteiger partial charge in [0.2, 0.25) is 5.91 Å². The van der Waals surface area contributed by atoms with Crippen LogP contribution in [0.25, 0.3) is 0 Å². The topological polar surface area (TPSA) is 32.3 Å². The molecule has 1 amide bonds. The molecule has 4 heteroatoms. The number of hydrogen-bond acceptors (Lipinski definition) is 3. The Kier molecular flexibility index (Phi) is 9.16. The molecule has 1 N–H and O–H groups in total. The van der Waals surface area contributed by atoms with Gasteiger partial charge in [-0.3, -0.25) is 4.79 Å². The summed E-state index contributed by atoms with van der Waals surface area (Å²) in [7, 11) is 0. The van der Waals surface area contributed by atoms with Crippen LogP contribution in [0.3, 0.4) is 0 Å². The summed E-state index contributed by atoms with van der Waals surface area (Å²) < 4.78 is 0. The summed E-state index contributed by atoms with van der Waals surface area (Å²) in [6, 6.07) is 10.3. The van der Waals surface area contributed by atoms with E-state index < -0.39 is 0 Å². The van der Waals surface area contributed by atoms with E-state index in [-0.39, 0.29) is 5.91 Å². The molecule has 0 radical (unpaired) electrons. The average molecular weight is 294 g/mol. The molecular formula is C16H26N2OS. The summed E-state index contributed by atoms with van der Waals surface area (Å²) in [6.45, 7) is 8.34. The van der Waals surface area contributed by atoms with Gasteiger partial charge in [0.25, 0.3) is 0 Å². The van der Waals surface area contributed by atoms with Crippen LogP contribution in [0.2, 0.25) is 0 Å². The normalized spacial score (nSPS) is 10.8. The molecule has 0 fully saturated rings. The Morgan fingerprint density at radius 3 is 2.55 bits per heavy atom. The van der Waals surface area contributed by atoms with Crippen LogP contribution in [0, 0.1) is 0 Å². The summed E-state index contributed by atoms with van der Waals surface area (Å²) in [5.41, 5.74) is 1.27. The van der Waals surface area contributed by atoms with Crippen molar-refractivity contribution in [1.82, 2.24) is 10.2 Å². The van der Waals surface area contributed by atoms with E-state index >= 15 is 0 Å². The van der Waals surface area contributed by atoms with Gasteiger partial charge in [-0.1, -0.05) is 44.2 Å². The van der Waals surface area contributed by atoms with Gasteiger partial charge in [-0.15, -0.1) is 11.8 Å². The lowest BCUT2D eigenvalue weighted by Gasteiger charge is -2.17. The molecule has 0 saturated heterocycles. The van der Waals surface area contributed by atoms with Crippen molar-refractivity contribution < 1.29 is 4.79 Å². The van der Waals surface area contributed by atoms with Crippen LogP contribution >= 0.6 is 11.8 Å². The number of rotatable bonds is 10. The summed E-state index contributed by atoms with van der Waals surface area (Å²) >= 11 is 1.67. The highest BCUT2D eigenvalue weighted by Gasteiger charge is 2.02. The fourth-order valence-electron chi connectivity index (χ4n) is 1.96. The van der Waals surface area contributed by atoms with Gasteiger partial charge in [0.1, 0.15) is 0 Å². The zero-order chi connectivity index (χ0) is 14.6. The molecule has 1 aromatic rings. The first kappa shape index (κ1) is 17.1. The molecule has 0 aliphatic rings. The molecular weight excluding hydrogens is 268 g/mol. The molecule has 20 heavy (non-hydrogen) atoms. The maximum absolute atomic E-state index is 11.7. The van der Waals surface area contributed by atoms with Gasteiger partial charge in [0, 0.05) is 12.3 Å². The van der Waals surface area contributed by atoms with Crippen molar-refractivity contribution in [3.05, 3.63) is 35.9 Å². The maximum Gasteiger partial charge on any atom is 0.230 e. The van der Waals surface area contributed by atoms with Crippen molar-refractivity contribution in [3.63, 3.8) is 0 Å². The molecule has 1 aromatic carbocycles. The summed E-state index contributed by atoms with van der Waals surface area (Å²) in [5, 5.41) is 2.99. The Morgan fingerprint density at radius 2 is 1.90 bits per heavy atom. The first-order valence-electron chi connectivity index (χ1n) is 7.37. The number of nitrogens with one attached hydrogen (secondary N) is 1. The molecule has 0 heterocycles. The number of carbonyl (C=O) groups is 1. The fourth-order valence-corrected chi connectivity index (χ4v) is 2.77. The molecule has 112 valence electrons. The Hall–Kier alpha value is -1.00. The molecule has 0 unspecified atom stereocenters. The lowest BCUT2D eigenvalue weighted by Crippen LogP contribution is -2.30. The van der Waals surface area contributed by atoms with Crippen LogP contribution in [0.1, 0.15) is 25.8 Å². The SMILES string of the molecule is CCN(CC)CCCNC(=O)CSCc1ccccc1. The van der Waals surface area contributed by atoms with Crippen LogP contribution < -0.4 is 5.32 Å². The second-order valence-corrected chi connectivity index (χ2v) is 5.69. The lowest BCUT2D eigenvalue weighted by molar-refractivity contribution is -0.118. The Bertz CT molecular complexity index is 366. The molecule has 1 rings (SSSR count). The van der Waals surface area contributed by atoms with Crippen LogP contribution in [0.15, 0.2) is 30.3 Å². The Morgan fingerprint density at radius 1 is 1.20 bits per heavy atom. The Balaban J connectivity index is 2.03. The van der Waals surface area contributed by atoms with E-state index in [0.717, 1.165) is 38.4 Å². The largest absolute Gasteiger partial charge is 0.355 e. The lowest BCUT2D eigenvalue weighted by atomic mass is 10.2. The molecule has 0 aromatic heterocycles. The van der Waals surface area contributed by atoms with Crippen molar-refractivity contribution in [2.45, 2.75) is 26.0 Å². The predicted octanol–water partition coefficient (Wildman–Crippen LogP) is 2.77. The van der Waals surface area contributed by atoms with Crippen molar-refractivity contribution in [3.8, 4) is 0 Å². The van der Waals surface area contributed by atoms with Gasteiger partial charge >= 0.3 is 0 Å². The molecule has 0 saturated carbocycles. The zero-order valence-corrected chi connectivity index (χ0v) is 13.4. The van der Waals surface area contributed by atoms with Crippen molar-refractivity contribution >= 4 is 17.7 Å². The number of thioether (sulfide) groups is 1. The monoisotopic (exact) mass is 294 g/mol. The minimum absolute atomic E-state index is 0.144. The van der Waals surface area contributed by atoms with E-state index in [1.165, 1.54) is 5.56 Å². The van der Waals surface area contributed by atoms with Crippen molar-refractivity contribution in [2.24, 2.45) is 0 Å². The molecule has 0 bridgehead atoms. The highest BCUT2D eigenvalue weighted by molar-refractivity contribution is 7.99. The van der Waals surface area contributed by atoms with E-state index in [9.17, 15) is 4.79 Å². The quantitative estimate of drug-likeness (QED) is 0.674. The first-order chi connectivity index (χ1) is 9.76. The maximum atomic E-state index is 11.7. The van der Waals surface area contributed by atoms with Gasteiger partial charge in [-0.25, -0.2) is 0 Å². The highest BCUT2D eigenvalue weighted by Crippen LogP contribution is 2.10. The number of hydrogen-bond donors (Lipinski definition) is 1. The van der Waals surface area contributed by atoms with E-state index in [4.69, 9.17) is 0 Å². The van der Waals surface area contributed by atoms with Gasteiger partial charge in [-0.2, -0.15) is 0 Å². The third kappa shape index (κ3) is 7.56. The predicted molar refractivity (Wildman–Crippen MR) is 88.0 cm³/mol. The first-order valence-corrected chi connectivity index (χ1v) is 8.52. The van der Waals surface area contributed by atoms with Crippen LogP contribution in [0.5, 0.6) is 0 Å². The standard InChI is InChI=1S/C16H26N2OS/c1-3-18(4-2)12-8-11-17-16(19)14-20-13-15-9-6-5-7-10-15/h5-7,9-10H,3-4,8,11-14H2,1-2H3,(H,17,19). The second-order valence-electron chi connectivity index (χ2n) is 4.71. The molecule has 0 atom stereocenters. The molecule has 0 spiro atoms. The smallest absolute Gasteiger partial charge is 0.230 e. The number of benzene rings is 1. The van der Waals surface area contributed by atoms with E-state index in [1.807, 2.05) is 18.2 Å². The molecule has 0 aliphatic carbocycles. The zero-order valence-electron chi connectivity index (χ0n) is 12.6. The second kappa shape index (κ2) is 10.7. The van der Waals surface area contributed by atoms with E-state index in [2.05, 4.69) is 36.2 Å². The molecule has 0 aliphatic heterocycles. The molecule has 3 nitrogen and oxygen atoms in total. The third-order valence-electron chi connectivity index (χ3n) is 3.21. The summed E-state index contributed by atoms with van der Waals surface area (Å²) in [5.74, 6) is 1.58. The summed E-state index contributed by atoms with van der Waals surface area (Å²) in [4.78, 5) is 14.0. The number of nitrogens with zero attached hydrogens (tertiary/aromatic N) is 1. The third-order valence-corrected chi connectivity index (χ3v) is 4.22. The minimum atomic E-state index is 0.144. The van der Waals surface area contributed by atoms with Crippen LogP contribution in [-0.2, 0) is 10.5 Å². The fraction of sp³-hybridized carbons (Fsp3) is 0.562. The highest BCUT2D eigenvalue weighted by atomic mass is 32.2.